The molecule has 2 N–H and O–H groups in total. The molecule has 0 unspecified atom stereocenters. The summed E-state index contributed by atoms with van der Waals surface area (Å²) in [5, 5.41) is 0. The summed E-state index contributed by atoms with van der Waals surface area (Å²) in [5.41, 5.74) is 7.01. The van der Waals surface area contributed by atoms with Crippen LogP contribution >= 0.6 is 0 Å². The molecule has 0 aliphatic carbocycles. The van der Waals surface area contributed by atoms with Gasteiger partial charge in [-0.2, -0.15) is 0 Å². The van der Waals surface area contributed by atoms with Crippen molar-refractivity contribution in [3.05, 3.63) is 35.9 Å². The molecule has 0 fully saturated rings. The van der Waals surface area contributed by atoms with Gasteiger partial charge in [0.25, 0.3) is 0 Å². The van der Waals surface area contributed by atoms with Crippen LogP contribution < -0.4 is 5.73 Å². The van der Waals surface area contributed by atoms with Crippen LogP contribution in [-0.4, -0.2) is 23.9 Å². The van der Waals surface area contributed by atoms with Crippen LogP contribution in [0, 0.1) is 0 Å². The van der Waals surface area contributed by atoms with E-state index >= 15 is 0 Å². The third-order valence-corrected chi connectivity index (χ3v) is 2.74. The van der Waals surface area contributed by atoms with Crippen molar-refractivity contribution in [1.29, 1.82) is 0 Å². The van der Waals surface area contributed by atoms with Crippen LogP contribution in [0.4, 0.5) is 0 Å². The summed E-state index contributed by atoms with van der Waals surface area (Å²) >= 11 is 0. The number of rotatable bonds is 5. The Labute approximate surface area is 97.2 Å². The minimum absolute atomic E-state index is 0.126. The van der Waals surface area contributed by atoms with Gasteiger partial charge in [-0.15, -0.1) is 0 Å². The summed E-state index contributed by atoms with van der Waals surface area (Å²) in [5.74, 6) is 0.126. The standard InChI is InChI=1S/C13H20N2O/c1-3-15(4-2)13(16)10-12(14)11-8-6-5-7-9-11/h5-9,12H,3-4,10,14H2,1-2H3/t12-/m0/s1. The van der Waals surface area contributed by atoms with E-state index in [1.807, 2.05) is 49.1 Å². The van der Waals surface area contributed by atoms with Gasteiger partial charge < -0.3 is 10.6 Å². The lowest BCUT2D eigenvalue weighted by atomic mass is 10.0. The summed E-state index contributed by atoms with van der Waals surface area (Å²) in [4.78, 5) is 13.6. The molecular weight excluding hydrogens is 200 g/mol. The van der Waals surface area contributed by atoms with E-state index < -0.39 is 0 Å². The lowest BCUT2D eigenvalue weighted by molar-refractivity contribution is -0.131. The zero-order chi connectivity index (χ0) is 12.0. The van der Waals surface area contributed by atoms with Gasteiger partial charge in [-0.25, -0.2) is 0 Å². The molecule has 1 atom stereocenters. The molecule has 0 bridgehead atoms. The monoisotopic (exact) mass is 220 g/mol. The molecule has 1 aromatic carbocycles. The Balaban J connectivity index is 2.58. The van der Waals surface area contributed by atoms with Gasteiger partial charge in [0.1, 0.15) is 0 Å². The maximum absolute atomic E-state index is 11.8. The molecule has 1 aromatic rings. The zero-order valence-electron chi connectivity index (χ0n) is 10.0. The fraction of sp³-hybridized carbons (Fsp3) is 0.462. The Morgan fingerprint density at radius 1 is 1.25 bits per heavy atom. The van der Waals surface area contributed by atoms with E-state index in [0.717, 1.165) is 18.7 Å². The number of carbonyl (C=O) groups excluding carboxylic acids is 1. The zero-order valence-corrected chi connectivity index (χ0v) is 10.0. The second-order valence-corrected chi connectivity index (χ2v) is 3.79. The van der Waals surface area contributed by atoms with Crippen LogP contribution in [0.5, 0.6) is 0 Å². The van der Waals surface area contributed by atoms with Gasteiger partial charge in [0.2, 0.25) is 5.91 Å². The predicted octanol–water partition coefficient (Wildman–Crippen LogP) is 1.94. The Bertz CT molecular complexity index is 320. The number of nitrogens with two attached hydrogens (primary N) is 1. The molecule has 1 rings (SSSR count). The van der Waals surface area contributed by atoms with Crippen molar-refractivity contribution in [3.63, 3.8) is 0 Å². The Hall–Kier alpha value is -1.35. The average Bonchev–Trinajstić information content (AvgIpc) is 2.31. The van der Waals surface area contributed by atoms with Gasteiger partial charge in [-0.1, -0.05) is 30.3 Å². The minimum Gasteiger partial charge on any atom is -0.343 e. The first kappa shape index (κ1) is 12.7. The quantitative estimate of drug-likeness (QED) is 0.824. The molecule has 0 radical (unpaired) electrons. The SMILES string of the molecule is CCN(CC)C(=O)C[C@H](N)c1ccccc1. The van der Waals surface area contributed by atoms with Gasteiger partial charge in [0.05, 0.1) is 0 Å². The van der Waals surface area contributed by atoms with E-state index in [1.165, 1.54) is 0 Å². The largest absolute Gasteiger partial charge is 0.343 e. The van der Waals surface area contributed by atoms with Crippen LogP contribution in [-0.2, 0) is 4.79 Å². The van der Waals surface area contributed by atoms with Crippen molar-refractivity contribution in [2.45, 2.75) is 26.3 Å². The van der Waals surface area contributed by atoms with E-state index in [9.17, 15) is 4.79 Å². The van der Waals surface area contributed by atoms with Crippen LogP contribution in [0.25, 0.3) is 0 Å². The highest BCUT2D eigenvalue weighted by atomic mass is 16.2. The van der Waals surface area contributed by atoms with Gasteiger partial charge in [0.15, 0.2) is 0 Å². The normalized spacial score (nSPS) is 12.2. The summed E-state index contributed by atoms with van der Waals surface area (Å²) < 4.78 is 0. The highest BCUT2D eigenvalue weighted by Crippen LogP contribution is 2.14. The third-order valence-electron chi connectivity index (χ3n) is 2.74. The molecule has 3 heteroatoms. The number of hydrogen-bond acceptors (Lipinski definition) is 2. The second-order valence-electron chi connectivity index (χ2n) is 3.79. The summed E-state index contributed by atoms with van der Waals surface area (Å²) in [6.07, 6.45) is 0.381. The molecule has 0 saturated heterocycles. The van der Waals surface area contributed by atoms with Crippen LogP contribution in [0.1, 0.15) is 31.9 Å². The Morgan fingerprint density at radius 3 is 2.31 bits per heavy atom. The summed E-state index contributed by atoms with van der Waals surface area (Å²) in [6.45, 7) is 5.46. The molecule has 88 valence electrons. The van der Waals surface area contributed by atoms with Crippen molar-refractivity contribution in [2.24, 2.45) is 5.73 Å². The van der Waals surface area contributed by atoms with Crippen LogP contribution in [0.3, 0.4) is 0 Å². The fourth-order valence-corrected chi connectivity index (χ4v) is 1.71. The first-order valence-electron chi connectivity index (χ1n) is 5.77. The number of carbonyl (C=O) groups is 1. The smallest absolute Gasteiger partial charge is 0.224 e. The fourth-order valence-electron chi connectivity index (χ4n) is 1.71. The maximum Gasteiger partial charge on any atom is 0.224 e. The highest BCUT2D eigenvalue weighted by molar-refractivity contribution is 5.76. The van der Waals surface area contributed by atoms with E-state index in [2.05, 4.69) is 0 Å². The second kappa shape index (κ2) is 6.28. The van der Waals surface area contributed by atoms with Gasteiger partial charge in [-0.3, -0.25) is 4.79 Å². The maximum atomic E-state index is 11.8. The molecule has 3 nitrogen and oxygen atoms in total. The van der Waals surface area contributed by atoms with E-state index in [0.29, 0.717) is 6.42 Å². The number of nitrogens with zero attached hydrogens (tertiary/aromatic N) is 1. The topological polar surface area (TPSA) is 46.3 Å². The minimum atomic E-state index is -0.200. The van der Waals surface area contributed by atoms with Crippen molar-refractivity contribution in [2.75, 3.05) is 13.1 Å². The summed E-state index contributed by atoms with van der Waals surface area (Å²) in [6, 6.07) is 9.55. The number of benzene rings is 1. The Kier molecular flexibility index (Phi) is 4.99. The van der Waals surface area contributed by atoms with Gasteiger partial charge in [-0.05, 0) is 19.4 Å². The molecule has 0 saturated carbocycles. The van der Waals surface area contributed by atoms with Gasteiger partial charge >= 0.3 is 0 Å². The molecule has 0 heterocycles. The number of amides is 1. The lowest BCUT2D eigenvalue weighted by Crippen LogP contribution is -2.32. The van der Waals surface area contributed by atoms with Gasteiger partial charge in [0, 0.05) is 25.6 Å². The third kappa shape index (κ3) is 3.35. The molecule has 0 aliphatic rings. The number of hydrogen-bond donors (Lipinski definition) is 1. The Morgan fingerprint density at radius 2 is 1.81 bits per heavy atom. The summed E-state index contributed by atoms with van der Waals surface area (Å²) in [7, 11) is 0. The first-order chi connectivity index (χ1) is 7.69. The van der Waals surface area contributed by atoms with Crippen LogP contribution in [0.2, 0.25) is 0 Å². The van der Waals surface area contributed by atoms with E-state index in [4.69, 9.17) is 5.73 Å². The predicted molar refractivity (Wildman–Crippen MR) is 65.9 cm³/mol. The van der Waals surface area contributed by atoms with Crippen molar-refractivity contribution in [3.8, 4) is 0 Å². The molecule has 0 spiro atoms. The van der Waals surface area contributed by atoms with E-state index in [1.54, 1.807) is 0 Å². The average molecular weight is 220 g/mol. The van der Waals surface area contributed by atoms with Crippen molar-refractivity contribution >= 4 is 5.91 Å². The molecule has 0 aliphatic heterocycles. The molecular formula is C13H20N2O. The van der Waals surface area contributed by atoms with Crippen LogP contribution in [0.15, 0.2) is 30.3 Å². The molecule has 0 aromatic heterocycles. The molecule has 1 amide bonds. The van der Waals surface area contributed by atoms with E-state index in [-0.39, 0.29) is 11.9 Å². The lowest BCUT2D eigenvalue weighted by Gasteiger charge is -2.21. The van der Waals surface area contributed by atoms with Crippen molar-refractivity contribution < 1.29 is 4.79 Å². The highest BCUT2D eigenvalue weighted by Gasteiger charge is 2.15. The van der Waals surface area contributed by atoms with Crippen molar-refractivity contribution in [1.82, 2.24) is 4.90 Å². The molecule has 16 heavy (non-hydrogen) atoms. The first-order valence-corrected chi connectivity index (χ1v) is 5.77.